The third-order valence-corrected chi connectivity index (χ3v) is 2.96. The number of benzene rings is 2. The highest BCUT2D eigenvalue weighted by atomic mass is 16.5. The Kier molecular flexibility index (Phi) is 4.08. The standard InChI is InChI=1S/C17H18O3/c1-11(2)20-14-8-9-15(17(18)19)16(10-14)13-6-4-12(3)5-7-13/h4-11H,1-3H3,(H,18,19). The van der Waals surface area contributed by atoms with Gasteiger partial charge in [0.25, 0.3) is 0 Å². The van der Waals surface area contributed by atoms with Gasteiger partial charge in [-0.05, 0) is 50.1 Å². The maximum Gasteiger partial charge on any atom is 0.336 e. The van der Waals surface area contributed by atoms with Crippen LogP contribution in [0.2, 0.25) is 0 Å². The first-order valence-electron chi connectivity index (χ1n) is 6.58. The highest BCUT2D eigenvalue weighted by molar-refractivity contribution is 5.96. The molecule has 0 unspecified atom stereocenters. The molecule has 3 heteroatoms. The third-order valence-electron chi connectivity index (χ3n) is 2.96. The Hall–Kier alpha value is -2.29. The molecule has 1 N–H and O–H groups in total. The monoisotopic (exact) mass is 270 g/mol. The molecule has 2 aromatic rings. The van der Waals surface area contributed by atoms with Gasteiger partial charge in [0.05, 0.1) is 11.7 Å². The summed E-state index contributed by atoms with van der Waals surface area (Å²) in [5.74, 6) is -0.253. The summed E-state index contributed by atoms with van der Waals surface area (Å²) in [7, 11) is 0. The van der Waals surface area contributed by atoms with Crippen molar-refractivity contribution in [3.05, 3.63) is 53.6 Å². The topological polar surface area (TPSA) is 46.5 Å². The highest BCUT2D eigenvalue weighted by Gasteiger charge is 2.13. The second-order valence-electron chi connectivity index (χ2n) is 5.05. The molecule has 0 fully saturated rings. The zero-order valence-electron chi connectivity index (χ0n) is 11.9. The number of carbonyl (C=O) groups is 1. The van der Waals surface area contributed by atoms with E-state index < -0.39 is 5.97 Å². The number of aromatic carboxylic acids is 1. The second kappa shape index (κ2) is 5.78. The molecule has 0 saturated heterocycles. The van der Waals surface area contributed by atoms with Gasteiger partial charge in [-0.1, -0.05) is 29.8 Å². The average molecular weight is 270 g/mol. The molecule has 0 saturated carbocycles. The van der Waals surface area contributed by atoms with Crippen molar-refractivity contribution in [1.29, 1.82) is 0 Å². The number of carboxylic acids is 1. The lowest BCUT2D eigenvalue weighted by Crippen LogP contribution is -2.07. The summed E-state index contributed by atoms with van der Waals surface area (Å²) >= 11 is 0. The fourth-order valence-corrected chi connectivity index (χ4v) is 2.03. The van der Waals surface area contributed by atoms with Gasteiger partial charge in [0.2, 0.25) is 0 Å². The normalized spacial score (nSPS) is 10.6. The Morgan fingerprint density at radius 2 is 1.75 bits per heavy atom. The predicted molar refractivity (Wildman–Crippen MR) is 79.3 cm³/mol. The van der Waals surface area contributed by atoms with Gasteiger partial charge in [-0.2, -0.15) is 0 Å². The summed E-state index contributed by atoms with van der Waals surface area (Å²) in [5.41, 5.74) is 2.98. The number of hydrogen-bond donors (Lipinski definition) is 1. The van der Waals surface area contributed by atoms with Crippen LogP contribution in [-0.2, 0) is 0 Å². The Balaban J connectivity index is 2.51. The Labute approximate surface area is 118 Å². The zero-order chi connectivity index (χ0) is 14.7. The zero-order valence-corrected chi connectivity index (χ0v) is 11.9. The molecule has 2 aromatic carbocycles. The van der Waals surface area contributed by atoms with E-state index >= 15 is 0 Å². The van der Waals surface area contributed by atoms with E-state index in [1.54, 1.807) is 18.2 Å². The number of aryl methyl sites for hydroxylation is 1. The molecular weight excluding hydrogens is 252 g/mol. The summed E-state index contributed by atoms with van der Waals surface area (Å²) in [6, 6.07) is 12.9. The molecule has 0 aromatic heterocycles. The molecule has 0 radical (unpaired) electrons. The Morgan fingerprint density at radius 3 is 2.30 bits per heavy atom. The van der Waals surface area contributed by atoms with Crippen molar-refractivity contribution >= 4 is 5.97 Å². The molecule has 3 nitrogen and oxygen atoms in total. The fourth-order valence-electron chi connectivity index (χ4n) is 2.03. The van der Waals surface area contributed by atoms with Crippen molar-refractivity contribution < 1.29 is 14.6 Å². The fraction of sp³-hybridized carbons (Fsp3) is 0.235. The summed E-state index contributed by atoms with van der Waals surface area (Å²) in [6.07, 6.45) is 0.0524. The lowest BCUT2D eigenvalue weighted by molar-refractivity contribution is 0.0697. The molecule has 0 aliphatic heterocycles. The molecule has 0 amide bonds. The minimum Gasteiger partial charge on any atom is -0.491 e. The van der Waals surface area contributed by atoms with Gasteiger partial charge >= 0.3 is 5.97 Å². The van der Waals surface area contributed by atoms with Crippen LogP contribution in [0.15, 0.2) is 42.5 Å². The molecular formula is C17H18O3. The van der Waals surface area contributed by atoms with Crippen molar-refractivity contribution in [3.63, 3.8) is 0 Å². The van der Waals surface area contributed by atoms with Crippen molar-refractivity contribution in [2.24, 2.45) is 0 Å². The van der Waals surface area contributed by atoms with E-state index in [0.717, 1.165) is 11.1 Å². The summed E-state index contributed by atoms with van der Waals surface area (Å²) in [6.45, 7) is 5.88. The van der Waals surface area contributed by atoms with Gasteiger partial charge < -0.3 is 9.84 Å². The van der Waals surface area contributed by atoms with Gasteiger partial charge in [-0.25, -0.2) is 4.79 Å². The van der Waals surface area contributed by atoms with Crippen molar-refractivity contribution in [2.45, 2.75) is 26.9 Å². The van der Waals surface area contributed by atoms with Gasteiger partial charge in [-0.15, -0.1) is 0 Å². The largest absolute Gasteiger partial charge is 0.491 e. The van der Waals surface area contributed by atoms with Crippen LogP contribution in [0.25, 0.3) is 11.1 Å². The molecule has 2 rings (SSSR count). The third kappa shape index (κ3) is 3.18. The molecule has 0 atom stereocenters. The molecule has 104 valence electrons. The van der Waals surface area contributed by atoms with Crippen LogP contribution >= 0.6 is 0 Å². The van der Waals surface area contributed by atoms with E-state index in [-0.39, 0.29) is 11.7 Å². The first kappa shape index (κ1) is 14.1. The van der Waals surface area contributed by atoms with E-state index in [2.05, 4.69) is 0 Å². The van der Waals surface area contributed by atoms with E-state index in [0.29, 0.717) is 11.3 Å². The highest BCUT2D eigenvalue weighted by Crippen LogP contribution is 2.29. The van der Waals surface area contributed by atoms with E-state index in [9.17, 15) is 9.90 Å². The second-order valence-corrected chi connectivity index (χ2v) is 5.05. The predicted octanol–water partition coefficient (Wildman–Crippen LogP) is 4.15. The van der Waals surface area contributed by atoms with E-state index in [1.807, 2.05) is 45.0 Å². The lowest BCUT2D eigenvalue weighted by atomic mass is 9.98. The Morgan fingerprint density at radius 1 is 1.10 bits per heavy atom. The van der Waals surface area contributed by atoms with Crippen LogP contribution in [0.5, 0.6) is 5.75 Å². The first-order valence-corrected chi connectivity index (χ1v) is 6.58. The smallest absolute Gasteiger partial charge is 0.336 e. The van der Waals surface area contributed by atoms with Crippen LogP contribution in [0.4, 0.5) is 0 Å². The van der Waals surface area contributed by atoms with Crippen LogP contribution in [0.3, 0.4) is 0 Å². The lowest BCUT2D eigenvalue weighted by Gasteiger charge is -2.13. The summed E-state index contributed by atoms with van der Waals surface area (Å²) < 4.78 is 5.64. The minimum atomic E-state index is -0.934. The maximum absolute atomic E-state index is 11.4. The number of hydrogen-bond acceptors (Lipinski definition) is 2. The van der Waals surface area contributed by atoms with Gasteiger partial charge in [0.1, 0.15) is 5.75 Å². The maximum atomic E-state index is 11.4. The van der Waals surface area contributed by atoms with Crippen LogP contribution < -0.4 is 4.74 Å². The molecule has 0 bridgehead atoms. The van der Waals surface area contributed by atoms with Crippen LogP contribution in [0.1, 0.15) is 29.8 Å². The minimum absolute atomic E-state index is 0.0524. The quantitative estimate of drug-likeness (QED) is 0.907. The van der Waals surface area contributed by atoms with Crippen molar-refractivity contribution in [3.8, 4) is 16.9 Å². The molecule has 20 heavy (non-hydrogen) atoms. The van der Waals surface area contributed by atoms with Crippen LogP contribution in [-0.4, -0.2) is 17.2 Å². The average Bonchev–Trinajstić information content (AvgIpc) is 2.38. The molecule has 0 aliphatic carbocycles. The van der Waals surface area contributed by atoms with E-state index in [1.165, 1.54) is 0 Å². The van der Waals surface area contributed by atoms with E-state index in [4.69, 9.17) is 4.74 Å². The number of ether oxygens (including phenoxy) is 1. The molecule has 0 aliphatic rings. The van der Waals surface area contributed by atoms with Gasteiger partial charge in [0, 0.05) is 0 Å². The Bertz CT molecular complexity index is 613. The summed E-state index contributed by atoms with van der Waals surface area (Å²) in [5, 5.41) is 9.31. The molecule has 0 spiro atoms. The number of rotatable bonds is 4. The summed E-state index contributed by atoms with van der Waals surface area (Å²) in [4.78, 5) is 11.4. The first-order chi connectivity index (χ1) is 9.47. The molecule has 0 heterocycles. The van der Waals surface area contributed by atoms with Crippen molar-refractivity contribution in [2.75, 3.05) is 0 Å². The van der Waals surface area contributed by atoms with Crippen molar-refractivity contribution in [1.82, 2.24) is 0 Å². The van der Waals surface area contributed by atoms with Gasteiger partial charge in [-0.3, -0.25) is 0 Å². The number of carboxylic acid groups (broad SMARTS) is 1. The van der Waals surface area contributed by atoms with Crippen LogP contribution in [0, 0.1) is 6.92 Å². The SMILES string of the molecule is Cc1ccc(-c2cc(OC(C)C)ccc2C(=O)O)cc1. The van der Waals surface area contributed by atoms with Gasteiger partial charge in [0.15, 0.2) is 0 Å².